The van der Waals surface area contributed by atoms with Crippen LogP contribution in [-0.2, 0) is 0 Å². The van der Waals surface area contributed by atoms with Gasteiger partial charge >= 0.3 is 0 Å². The molecule has 0 saturated carbocycles. The van der Waals surface area contributed by atoms with Gasteiger partial charge in [-0.05, 0) is 12.5 Å². The van der Waals surface area contributed by atoms with Crippen molar-refractivity contribution in [3.8, 4) is 0 Å². The third kappa shape index (κ3) is 9.03. The molecule has 1 heterocycles. The smallest absolute Gasteiger partial charge is 0.261 e. The molecule has 0 radical (unpaired) electrons. The third-order valence-electron chi connectivity index (χ3n) is 6.40. The number of ketones is 2. The van der Waals surface area contributed by atoms with Gasteiger partial charge in [-0.15, -0.1) is 48.6 Å². The van der Waals surface area contributed by atoms with E-state index in [9.17, 15) is 14.4 Å². The molecule has 1 aromatic heterocycles. The highest BCUT2D eigenvalue weighted by Crippen LogP contribution is 2.46. The molecule has 1 amide bonds. The number of halogens is 3. The maximum atomic E-state index is 14.0. The first-order chi connectivity index (χ1) is 20.6. The Morgan fingerprint density at radius 2 is 1.17 bits per heavy atom. The number of guanidine groups is 3. The molecule has 4 rings (SSSR count). The Morgan fingerprint density at radius 1 is 0.696 bits per heavy atom. The minimum absolute atomic E-state index is 0. The van der Waals surface area contributed by atoms with Crippen molar-refractivity contribution in [1.29, 1.82) is 0 Å². The molecule has 0 saturated heterocycles. The Bertz CT molecular complexity index is 1560. The van der Waals surface area contributed by atoms with E-state index in [-0.39, 0.29) is 121 Å². The molecule has 19 heteroatoms. The molecular formula is C27H37Cl3N12O3S. The fourth-order valence-corrected chi connectivity index (χ4v) is 5.74. The Labute approximate surface area is 287 Å². The number of anilines is 2. The number of hydrogen-bond acceptors (Lipinski definition) is 9. The van der Waals surface area contributed by atoms with Crippen molar-refractivity contribution in [1.82, 2.24) is 5.32 Å². The summed E-state index contributed by atoms with van der Waals surface area (Å²) in [6.45, 7) is 1.62. The zero-order chi connectivity index (χ0) is 31.1. The average molecular weight is 716 g/mol. The van der Waals surface area contributed by atoms with Gasteiger partial charge < -0.3 is 50.4 Å². The number of fused-ring (bicyclic) bond motifs is 3. The van der Waals surface area contributed by atoms with Crippen molar-refractivity contribution < 1.29 is 14.4 Å². The predicted molar refractivity (Wildman–Crippen MR) is 193 cm³/mol. The summed E-state index contributed by atoms with van der Waals surface area (Å²) in [6.07, 6.45) is 0.527. The average Bonchev–Trinajstić information content (AvgIpc) is 3.41. The van der Waals surface area contributed by atoms with E-state index in [0.717, 1.165) is 0 Å². The minimum atomic E-state index is -0.333. The van der Waals surface area contributed by atoms with Gasteiger partial charge in [-0.1, -0.05) is 24.3 Å². The van der Waals surface area contributed by atoms with E-state index in [1.165, 1.54) is 11.3 Å². The summed E-state index contributed by atoms with van der Waals surface area (Å²) in [5.41, 5.74) is 34.4. The number of aliphatic imine (C=N–C) groups is 3. The number of benzene rings is 2. The van der Waals surface area contributed by atoms with Crippen LogP contribution in [0.3, 0.4) is 0 Å². The van der Waals surface area contributed by atoms with Crippen LogP contribution in [0.25, 0.3) is 10.1 Å². The van der Waals surface area contributed by atoms with E-state index >= 15 is 0 Å². The van der Waals surface area contributed by atoms with Crippen LogP contribution in [0, 0.1) is 0 Å². The molecule has 2 aromatic carbocycles. The monoisotopic (exact) mass is 714 g/mol. The van der Waals surface area contributed by atoms with Gasteiger partial charge in [0.1, 0.15) is 0 Å². The first-order valence-corrected chi connectivity index (χ1v) is 14.2. The van der Waals surface area contributed by atoms with E-state index < -0.39 is 0 Å². The van der Waals surface area contributed by atoms with E-state index in [2.05, 4.69) is 30.9 Å². The Morgan fingerprint density at radius 3 is 1.70 bits per heavy atom. The molecule has 0 aliphatic heterocycles. The number of rotatable bonds is 13. The van der Waals surface area contributed by atoms with Crippen molar-refractivity contribution in [3.63, 3.8) is 0 Å². The van der Waals surface area contributed by atoms with Crippen molar-refractivity contribution in [2.75, 3.05) is 49.9 Å². The van der Waals surface area contributed by atoms with E-state index in [1.807, 2.05) is 0 Å². The van der Waals surface area contributed by atoms with Crippen molar-refractivity contribution in [2.24, 2.45) is 49.4 Å². The molecule has 15 N–H and O–H groups in total. The Balaban J connectivity index is 0.00000353. The lowest BCUT2D eigenvalue weighted by molar-refractivity contribution is 0.0956. The van der Waals surface area contributed by atoms with Gasteiger partial charge in [-0.3, -0.25) is 29.4 Å². The second-order valence-electron chi connectivity index (χ2n) is 9.44. The molecule has 0 atom stereocenters. The lowest BCUT2D eigenvalue weighted by Crippen LogP contribution is -2.26. The molecule has 0 fully saturated rings. The summed E-state index contributed by atoms with van der Waals surface area (Å²) in [7, 11) is 0. The zero-order valence-electron chi connectivity index (χ0n) is 24.5. The van der Waals surface area contributed by atoms with Crippen LogP contribution < -0.4 is 50.4 Å². The number of hydrogen-bond donors (Lipinski definition) is 9. The van der Waals surface area contributed by atoms with Crippen LogP contribution in [0.15, 0.2) is 45.3 Å². The van der Waals surface area contributed by atoms with Crippen LogP contribution in [0.1, 0.15) is 47.9 Å². The van der Waals surface area contributed by atoms with Crippen LogP contribution in [0.4, 0.5) is 11.4 Å². The summed E-state index contributed by atoms with van der Waals surface area (Å²) < 4.78 is 0.596. The lowest BCUT2D eigenvalue weighted by Gasteiger charge is -2.25. The molecule has 0 unspecified atom stereocenters. The zero-order valence-corrected chi connectivity index (χ0v) is 27.8. The topological polar surface area (TPSA) is 280 Å². The number of carbonyl (C=O) groups excluding carboxylic acids is 3. The van der Waals surface area contributed by atoms with Gasteiger partial charge in [0.15, 0.2) is 29.4 Å². The SMILES string of the molecule is Cl.Cl.Cl.NC(N)=NCCCNC(=O)c1cc2c(NCCN=C(N)N)c3c(c(NCCN=C(N)N)c2s1)C(=O)c1ccccc1C3=O. The van der Waals surface area contributed by atoms with Gasteiger partial charge in [0.25, 0.3) is 5.91 Å². The highest BCUT2D eigenvalue weighted by molar-refractivity contribution is 7.21. The molecule has 46 heavy (non-hydrogen) atoms. The molecule has 3 aromatic rings. The molecule has 1 aliphatic carbocycles. The van der Waals surface area contributed by atoms with Gasteiger partial charge in [0.05, 0.1) is 45.2 Å². The van der Waals surface area contributed by atoms with Gasteiger partial charge in [0.2, 0.25) is 0 Å². The molecule has 0 bridgehead atoms. The summed E-state index contributed by atoms with van der Waals surface area (Å²) in [5, 5.41) is 9.93. The minimum Gasteiger partial charge on any atom is -0.382 e. The number of carbonyl (C=O) groups is 3. The van der Waals surface area contributed by atoms with Gasteiger partial charge in [-0.2, -0.15) is 0 Å². The first-order valence-electron chi connectivity index (χ1n) is 13.3. The molecule has 0 spiro atoms. The van der Waals surface area contributed by atoms with Crippen molar-refractivity contribution in [3.05, 3.63) is 57.5 Å². The van der Waals surface area contributed by atoms with Crippen molar-refractivity contribution >= 4 is 105 Å². The second kappa shape index (κ2) is 17.8. The summed E-state index contributed by atoms with van der Waals surface area (Å²) in [6, 6.07) is 8.33. The first kappa shape index (κ1) is 39.5. The van der Waals surface area contributed by atoms with E-state index in [1.54, 1.807) is 30.3 Å². The number of nitrogens with one attached hydrogen (secondary N) is 3. The fourth-order valence-electron chi connectivity index (χ4n) is 4.64. The van der Waals surface area contributed by atoms with Gasteiger partial charge in [-0.25, -0.2) is 0 Å². The molecule has 250 valence electrons. The third-order valence-corrected chi connectivity index (χ3v) is 7.55. The summed E-state index contributed by atoms with van der Waals surface area (Å²) >= 11 is 1.18. The van der Waals surface area contributed by atoms with E-state index in [4.69, 9.17) is 34.4 Å². The van der Waals surface area contributed by atoms with Crippen LogP contribution in [0.5, 0.6) is 0 Å². The maximum Gasteiger partial charge on any atom is 0.261 e. The maximum absolute atomic E-state index is 14.0. The summed E-state index contributed by atoms with van der Waals surface area (Å²) in [5.74, 6) is -1.18. The largest absolute Gasteiger partial charge is 0.382 e. The lowest BCUT2D eigenvalue weighted by atomic mass is 9.81. The van der Waals surface area contributed by atoms with Gasteiger partial charge in [0, 0.05) is 42.7 Å². The van der Waals surface area contributed by atoms with E-state index in [0.29, 0.717) is 45.8 Å². The fraction of sp³-hybridized carbons (Fsp3) is 0.259. The summed E-state index contributed by atoms with van der Waals surface area (Å²) in [4.78, 5) is 53.4. The van der Waals surface area contributed by atoms with Crippen LogP contribution in [0.2, 0.25) is 0 Å². The number of amides is 1. The Hall–Kier alpha value is -4.51. The van der Waals surface area contributed by atoms with Crippen LogP contribution >= 0.6 is 48.6 Å². The molecule has 15 nitrogen and oxygen atoms in total. The normalized spacial score (nSPS) is 11.0. The van der Waals surface area contributed by atoms with Crippen molar-refractivity contribution in [2.45, 2.75) is 6.42 Å². The number of thiophene rings is 1. The highest BCUT2D eigenvalue weighted by atomic mass is 35.5. The number of nitrogens with zero attached hydrogens (tertiary/aromatic N) is 3. The molecule has 1 aliphatic rings. The second-order valence-corrected chi connectivity index (χ2v) is 10.5. The Kier molecular flexibility index (Phi) is 15.3. The molecular weight excluding hydrogens is 679 g/mol. The highest BCUT2D eigenvalue weighted by Gasteiger charge is 2.36. The predicted octanol–water partition coefficient (Wildman–Crippen LogP) is 0.706. The standard InChI is InChI=1S/C27H34N12O3S.3ClH/c28-25(29)37-7-3-6-36-24(42)16-12-15-19(34-8-10-38-26(30)31)17-18(20(23(15)43-16)35-9-11-39-27(32)33)22(41)14-5-2-1-4-13(14)21(17)40;;;/h1-2,4-5,12,34-35H,3,6-11H2,(H,36,42)(H4,28,29,37)(H4,30,31,38)(H4,32,33,39);3*1H. The van der Waals surface area contributed by atoms with Crippen LogP contribution in [-0.4, -0.2) is 74.6 Å². The number of nitrogens with two attached hydrogens (primary N) is 6. The quantitative estimate of drug-likeness (QED) is 0.0402.